The van der Waals surface area contributed by atoms with Gasteiger partial charge in [-0.2, -0.15) is 0 Å². The fourth-order valence-corrected chi connectivity index (χ4v) is 0.933. The van der Waals surface area contributed by atoms with Crippen LogP contribution < -0.4 is 0 Å². The van der Waals surface area contributed by atoms with Crippen LogP contribution in [0.3, 0.4) is 0 Å². The fourth-order valence-electron chi connectivity index (χ4n) is 0.933. The highest BCUT2D eigenvalue weighted by Gasteiger charge is 1.84. The van der Waals surface area contributed by atoms with E-state index >= 15 is 0 Å². The number of aryl methyl sites for hydroxylation is 1. The standard InChI is InChI=1S/C9H12.C3H8.2C2H6/c1-2-6-9-7-4-3-5-8-9;1-3-2;2*1-2/h3-5,7-8H,2,6H2,1H3;3H2,1-2H3;2*1-2H3. The first-order chi connectivity index (χ1) is 7.85. The van der Waals surface area contributed by atoms with E-state index < -0.39 is 0 Å². The van der Waals surface area contributed by atoms with Gasteiger partial charge >= 0.3 is 0 Å². The molecule has 0 saturated carbocycles. The molecule has 0 radical (unpaired) electrons. The van der Waals surface area contributed by atoms with Gasteiger partial charge in [0.05, 0.1) is 0 Å². The van der Waals surface area contributed by atoms with Gasteiger partial charge in [0.2, 0.25) is 0 Å². The molecule has 0 aromatic heterocycles. The molecule has 16 heavy (non-hydrogen) atoms. The molecule has 0 atom stereocenters. The van der Waals surface area contributed by atoms with Crippen LogP contribution >= 0.6 is 0 Å². The van der Waals surface area contributed by atoms with E-state index in [1.54, 1.807) is 0 Å². The second kappa shape index (κ2) is 23.8. The molecule has 1 aromatic rings. The third kappa shape index (κ3) is 18.9. The molecular formula is C16H32. The van der Waals surface area contributed by atoms with E-state index in [1.807, 2.05) is 27.7 Å². The summed E-state index contributed by atoms with van der Waals surface area (Å²) in [7, 11) is 0. The van der Waals surface area contributed by atoms with E-state index in [0.717, 1.165) is 0 Å². The minimum atomic E-state index is 1.21. The van der Waals surface area contributed by atoms with Gasteiger partial charge in [-0.25, -0.2) is 0 Å². The Morgan fingerprint density at radius 1 is 0.750 bits per heavy atom. The molecule has 1 aromatic carbocycles. The summed E-state index contributed by atoms with van der Waals surface area (Å²) in [5.74, 6) is 0. The van der Waals surface area contributed by atoms with Gasteiger partial charge in [0.1, 0.15) is 0 Å². The molecule has 0 bridgehead atoms. The lowest BCUT2D eigenvalue weighted by atomic mass is 10.1. The van der Waals surface area contributed by atoms with Crippen LogP contribution in [0.2, 0.25) is 0 Å². The zero-order valence-corrected chi connectivity index (χ0v) is 12.5. The average Bonchev–Trinajstić information content (AvgIpc) is 2.37. The summed E-state index contributed by atoms with van der Waals surface area (Å²) in [5, 5.41) is 0. The summed E-state index contributed by atoms with van der Waals surface area (Å²) < 4.78 is 0. The topological polar surface area (TPSA) is 0 Å². The number of hydrogen-bond acceptors (Lipinski definition) is 0. The van der Waals surface area contributed by atoms with Crippen LogP contribution in [0.4, 0.5) is 0 Å². The third-order valence-electron chi connectivity index (χ3n) is 1.38. The van der Waals surface area contributed by atoms with Crippen molar-refractivity contribution in [2.75, 3.05) is 0 Å². The minimum Gasteiger partial charge on any atom is -0.0683 e. The molecular weight excluding hydrogens is 192 g/mol. The molecule has 0 heterocycles. The first-order valence-corrected chi connectivity index (χ1v) is 6.89. The molecule has 0 fully saturated rings. The fraction of sp³-hybridized carbons (Fsp3) is 0.625. The van der Waals surface area contributed by atoms with Gasteiger partial charge < -0.3 is 0 Å². The Kier molecular flexibility index (Phi) is 30.6. The van der Waals surface area contributed by atoms with Crippen molar-refractivity contribution < 1.29 is 0 Å². The van der Waals surface area contributed by atoms with E-state index in [2.05, 4.69) is 51.1 Å². The highest BCUT2D eigenvalue weighted by molar-refractivity contribution is 5.14. The Bertz CT molecular complexity index is 165. The third-order valence-corrected chi connectivity index (χ3v) is 1.38. The van der Waals surface area contributed by atoms with Gasteiger partial charge in [0, 0.05) is 0 Å². The zero-order chi connectivity index (χ0) is 13.2. The van der Waals surface area contributed by atoms with Gasteiger partial charge in [0.25, 0.3) is 0 Å². The van der Waals surface area contributed by atoms with Crippen molar-refractivity contribution in [3.63, 3.8) is 0 Å². The lowest BCUT2D eigenvalue weighted by molar-refractivity contribution is 0.922. The van der Waals surface area contributed by atoms with Gasteiger partial charge in [-0.15, -0.1) is 0 Å². The Hall–Kier alpha value is -0.780. The molecule has 1 rings (SSSR count). The molecule has 0 aliphatic heterocycles. The molecule has 0 N–H and O–H groups in total. The van der Waals surface area contributed by atoms with Gasteiger partial charge in [-0.3, -0.25) is 0 Å². The number of rotatable bonds is 2. The van der Waals surface area contributed by atoms with Gasteiger partial charge in [-0.05, 0) is 12.0 Å². The summed E-state index contributed by atoms with van der Waals surface area (Å²) in [6, 6.07) is 10.6. The van der Waals surface area contributed by atoms with Crippen molar-refractivity contribution in [3.05, 3.63) is 35.9 Å². The first kappa shape index (κ1) is 20.6. The Morgan fingerprint density at radius 2 is 1.12 bits per heavy atom. The monoisotopic (exact) mass is 224 g/mol. The molecule has 0 aliphatic rings. The average molecular weight is 224 g/mol. The van der Waals surface area contributed by atoms with Crippen LogP contribution in [-0.4, -0.2) is 0 Å². The van der Waals surface area contributed by atoms with Crippen molar-refractivity contribution in [2.45, 2.75) is 67.7 Å². The zero-order valence-electron chi connectivity index (χ0n) is 12.5. The van der Waals surface area contributed by atoms with Crippen LogP contribution in [-0.2, 0) is 6.42 Å². The summed E-state index contributed by atoms with van der Waals surface area (Å²) in [4.78, 5) is 0. The molecule has 0 saturated heterocycles. The van der Waals surface area contributed by atoms with Crippen LogP contribution in [0.15, 0.2) is 30.3 Å². The van der Waals surface area contributed by atoms with Crippen molar-refractivity contribution in [1.82, 2.24) is 0 Å². The van der Waals surface area contributed by atoms with E-state index in [9.17, 15) is 0 Å². The summed E-state index contributed by atoms with van der Waals surface area (Å²) >= 11 is 0. The molecule has 0 nitrogen and oxygen atoms in total. The number of hydrogen-bond donors (Lipinski definition) is 0. The van der Waals surface area contributed by atoms with Crippen molar-refractivity contribution in [1.29, 1.82) is 0 Å². The van der Waals surface area contributed by atoms with E-state index in [4.69, 9.17) is 0 Å². The minimum absolute atomic E-state index is 1.21. The highest BCUT2D eigenvalue weighted by Crippen LogP contribution is 2.00. The quantitative estimate of drug-likeness (QED) is 0.568. The van der Waals surface area contributed by atoms with E-state index in [1.165, 1.54) is 24.8 Å². The van der Waals surface area contributed by atoms with Gasteiger partial charge in [0.15, 0.2) is 0 Å². The van der Waals surface area contributed by atoms with Crippen LogP contribution in [0.1, 0.15) is 66.9 Å². The van der Waals surface area contributed by atoms with Crippen molar-refractivity contribution >= 4 is 0 Å². The second-order valence-electron chi connectivity index (χ2n) is 2.94. The SMILES string of the molecule is CC.CC.CCC.CCCc1ccccc1. The molecule has 0 heteroatoms. The predicted molar refractivity (Wildman–Crippen MR) is 79.1 cm³/mol. The first-order valence-electron chi connectivity index (χ1n) is 6.89. The molecule has 96 valence electrons. The lowest BCUT2D eigenvalue weighted by Gasteiger charge is -1.93. The van der Waals surface area contributed by atoms with Crippen molar-refractivity contribution in [3.8, 4) is 0 Å². The molecule has 0 unspecified atom stereocenters. The molecule has 0 aliphatic carbocycles. The smallest absolute Gasteiger partial charge is 0.0281 e. The maximum Gasteiger partial charge on any atom is -0.0281 e. The number of benzene rings is 1. The summed E-state index contributed by atoms with van der Waals surface area (Å²) in [5.41, 5.74) is 1.44. The Morgan fingerprint density at radius 3 is 1.44 bits per heavy atom. The Labute approximate surface area is 104 Å². The maximum absolute atomic E-state index is 2.20. The predicted octanol–water partition coefficient (Wildman–Crippen LogP) is 6.11. The van der Waals surface area contributed by atoms with Crippen LogP contribution in [0.5, 0.6) is 0 Å². The van der Waals surface area contributed by atoms with Gasteiger partial charge in [-0.1, -0.05) is 91.6 Å². The molecule has 0 spiro atoms. The highest BCUT2D eigenvalue weighted by atomic mass is 13.9. The maximum atomic E-state index is 2.20. The Balaban J connectivity index is -0.000000206. The van der Waals surface area contributed by atoms with E-state index in [0.29, 0.717) is 0 Å². The van der Waals surface area contributed by atoms with Crippen LogP contribution in [0, 0.1) is 0 Å². The summed E-state index contributed by atoms with van der Waals surface area (Å²) in [6.45, 7) is 14.5. The largest absolute Gasteiger partial charge is 0.0683 e. The lowest BCUT2D eigenvalue weighted by Crippen LogP contribution is -1.78. The summed E-state index contributed by atoms with van der Waals surface area (Å²) in [6.07, 6.45) is 3.70. The van der Waals surface area contributed by atoms with Crippen LogP contribution in [0.25, 0.3) is 0 Å². The second-order valence-corrected chi connectivity index (χ2v) is 2.94. The molecule has 0 amide bonds. The van der Waals surface area contributed by atoms with E-state index in [-0.39, 0.29) is 0 Å². The normalized spacial score (nSPS) is 7.19. The van der Waals surface area contributed by atoms with Crippen molar-refractivity contribution in [2.24, 2.45) is 0 Å².